The van der Waals surface area contributed by atoms with Crippen LogP contribution in [0.15, 0.2) is 83.8 Å². The van der Waals surface area contributed by atoms with Gasteiger partial charge in [0.15, 0.2) is 0 Å². The zero-order valence-electron chi connectivity index (χ0n) is 17.6. The number of hydrogen-bond acceptors (Lipinski definition) is 3. The molecule has 5 nitrogen and oxygen atoms in total. The smallest absolute Gasteiger partial charge is 0.303 e. The van der Waals surface area contributed by atoms with Crippen molar-refractivity contribution in [2.75, 3.05) is 0 Å². The maximum Gasteiger partial charge on any atom is 0.303 e. The highest BCUT2D eigenvalue weighted by Crippen LogP contribution is 2.24. The summed E-state index contributed by atoms with van der Waals surface area (Å²) in [5.74, 6) is -0.806. The molecular formula is C25H26ClNO4S. The van der Waals surface area contributed by atoms with Gasteiger partial charge in [0.2, 0.25) is 10.0 Å². The fourth-order valence-corrected chi connectivity index (χ4v) is 4.86. The average molecular weight is 472 g/mol. The van der Waals surface area contributed by atoms with Crippen LogP contribution < -0.4 is 4.72 Å². The molecule has 1 atom stereocenters. The third-order valence-electron chi connectivity index (χ3n) is 5.22. The van der Waals surface area contributed by atoms with Crippen molar-refractivity contribution in [1.82, 2.24) is 4.72 Å². The van der Waals surface area contributed by atoms with Gasteiger partial charge >= 0.3 is 5.97 Å². The average Bonchev–Trinajstić information content (AvgIpc) is 2.78. The molecule has 32 heavy (non-hydrogen) atoms. The van der Waals surface area contributed by atoms with Crippen molar-refractivity contribution in [3.63, 3.8) is 0 Å². The maximum absolute atomic E-state index is 13.0. The van der Waals surface area contributed by atoms with Crippen LogP contribution in [0.3, 0.4) is 0 Å². The van der Waals surface area contributed by atoms with E-state index in [9.17, 15) is 13.2 Å². The highest BCUT2D eigenvalue weighted by Gasteiger charge is 2.21. The minimum absolute atomic E-state index is 0.127. The molecule has 0 aliphatic heterocycles. The summed E-state index contributed by atoms with van der Waals surface area (Å²) >= 11 is 5.90. The molecule has 0 spiro atoms. The third kappa shape index (κ3) is 7.19. The lowest BCUT2D eigenvalue weighted by molar-refractivity contribution is -0.137. The standard InChI is InChI=1S/C25H26ClNO4S/c26-22-14-16-23(17-15-22)32(30,31)27-24(18-11-19-5-2-1-3-6-19)21-12-9-20(10-13-21)7-4-8-25(28)29/h1-3,5-6,9-10,12-17,24,27H,4,7-8,11,18H2,(H,28,29). The molecule has 7 heteroatoms. The van der Waals surface area contributed by atoms with Gasteiger partial charge in [0.25, 0.3) is 0 Å². The number of carboxylic acids is 1. The van der Waals surface area contributed by atoms with Crippen LogP contribution in [-0.2, 0) is 27.7 Å². The lowest BCUT2D eigenvalue weighted by atomic mass is 9.98. The molecule has 0 radical (unpaired) electrons. The van der Waals surface area contributed by atoms with E-state index in [0.29, 0.717) is 24.3 Å². The molecular weight excluding hydrogens is 446 g/mol. The minimum atomic E-state index is -3.74. The van der Waals surface area contributed by atoms with E-state index in [4.69, 9.17) is 16.7 Å². The number of nitrogens with one attached hydrogen (secondary N) is 1. The Morgan fingerprint density at radius 1 is 0.875 bits per heavy atom. The number of aryl methyl sites for hydroxylation is 2. The van der Waals surface area contributed by atoms with E-state index in [-0.39, 0.29) is 11.3 Å². The fraction of sp³-hybridized carbons (Fsp3) is 0.240. The Bertz CT molecular complexity index is 1110. The molecule has 0 aliphatic rings. The highest BCUT2D eigenvalue weighted by molar-refractivity contribution is 7.89. The van der Waals surface area contributed by atoms with Crippen molar-refractivity contribution in [3.8, 4) is 0 Å². The van der Waals surface area contributed by atoms with Crippen molar-refractivity contribution in [2.24, 2.45) is 0 Å². The van der Waals surface area contributed by atoms with E-state index < -0.39 is 22.0 Å². The van der Waals surface area contributed by atoms with Gasteiger partial charge in [-0.3, -0.25) is 4.79 Å². The van der Waals surface area contributed by atoms with Crippen molar-refractivity contribution < 1.29 is 18.3 Å². The van der Waals surface area contributed by atoms with Crippen LogP contribution in [0.2, 0.25) is 5.02 Å². The molecule has 0 aromatic heterocycles. The molecule has 0 saturated heterocycles. The first-order valence-corrected chi connectivity index (χ1v) is 12.3. The Morgan fingerprint density at radius 2 is 1.50 bits per heavy atom. The SMILES string of the molecule is O=C(O)CCCc1ccc(C(CCc2ccccc2)NS(=O)(=O)c2ccc(Cl)cc2)cc1. The number of halogens is 1. The van der Waals surface area contributed by atoms with Gasteiger partial charge in [-0.05, 0) is 66.6 Å². The quantitative estimate of drug-likeness (QED) is 0.392. The number of aliphatic carboxylic acids is 1. The second kappa shape index (κ2) is 11.3. The molecule has 3 aromatic carbocycles. The molecule has 0 saturated carbocycles. The second-order valence-electron chi connectivity index (χ2n) is 7.64. The monoisotopic (exact) mass is 471 g/mol. The molecule has 0 aliphatic carbocycles. The van der Waals surface area contributed by atoms with Crippen LogP contribution in [0.4, 0.5) is 0 Å². The summed E-state index contributed by atoms with van der Waals surface area (Å²) in [5.41, 5.74) is 3.02. The van der Waals surface area contributed by atoms with E-state index in [0.717, 1.165) is 23.1 Å². The Kier molecular flexibility index (Phi) is 8.45. The molecule has 2 N–H and O–H groups in total. The van der Waals surface area contributed by atoms with Gasteiger partial charge in [-0.25, -0.2) is 13.1 Å². The van der Waals surface area contributed by atoms with Crippen molar-refractivity contribution >= 4 is 27.6 Å². The predicted molar refractivity (Wildman–Crippen MR) is 126 cm³/mol. The molecule has 3 rings (SSSR count). The van der Waals surface area contributed by atoms with E-state index >= 15 is 0 Å². The largest absolute Gasteiger partial charge is 0.481 e. The van der Waals surface area contributed by atoms with Crippen LogP contribution >= 0.6 is 11.6 Å². The van der Waals surface area contributed by atoms with E-state index in [1.165, 1.54) is 12.1 Å². The summed E-state index contributed by atoms with van der Waals surface area (Å²) < 4.78 is 28.8. The minimum Gasteiger partial charge on any atom is -0.481 e. The van der Waals surface area contributed by atoms with Crippen LogP contribution in [-0.4, -0.2) is 19.5 Å². The van der Waals surface area contributed by atoms with Crippen molar-refractivity contribution in [2.45, 2.75) is 43.0 Å². The molecule has 0 fully saturated rings. The van der Waals surface area contributed by atoms with Crippen molar-refractivity contribution in [1.29, 1.82) is 0 Å². The second-order valence-corrected chi connectivity index (χ2v) is 9.79. The first-order valence-electron chi connectivity index (χ1n) is 10.5. The number of rotatable bonds is 11. The van der Waals surface area contributed by atoms with Gasteiger partial charge in [-0.1, -0.05) is 66.2 Å². The summed E-state index contributed by atoms with van der Waals surface area (Å²) in [6.45, 7) is 0. The number of benzene rings is 3. The lowest BCUT2D eigenvalue weighted by Crippen LogP contribution is -2.29. The maximum atomic E-state index is 13.0. The molecule has 0 amide bonds. The van der Waals surface area contributed by atoms with Crippen LogP contribution in [0.25, 0.3) is 0 Å². The Morgan fingerprint density at radius 3 is 2.12 bits per heavy atom. The summed E-state index contributed by atoms with van der Waals surface area (Å²) in [4.78, 5) is 10.9. The molecule has 0 heterocycles. The summed E-state index contributed by atoms with van der Waals surface area (Å²) in [7, 11) is -3.74. The van der Waals surface area contributed by atoms with Gasteiger partial charge in [0.1, 0.15) is 0 Å². The zero-order valence-corrected chi connectivity index (χ0v) is 19.1. The zero-order chi connectivity index (χ0) is 23.0. The van der Waals surface area contributed by atoms with Gasteiger partial charge in [0.05, 0.1) is 4.90 Å². The van der Waals surface area contributed by atoms with Gasteiger partial charge in [-0.15, -0.1) is 0 Å². The fourth-order valence-electron chi connectivity index (χ4n) is 3.48. The van der Waals surface area contributed by atoms with Crippen LogP contribution in [0, 0.1) is 0 Å². The van der Waals surface area contributed by atoms with Gasteiger partial charge in [-0.2, -0.15) is 0 Å². The topological polar surface area (TPSA) is 83.5 Å². The molecule has 3 aromatic rings. The van der Waals surface area contributed by atoms with E-state index in [2.05, 4.69) is 4.72 Å². The Balaban J connectivity index is 1.78. The normalized spacial score (nSPS) is 12.4. The van der Waals surface area contributed by atoms with Crippen LogP contribution in [0.1, 0.15) is 42.0 Å². The number of sulfonamides is 1. The van der Waals surface area contributed by atoms with Crippen LogP contribution in [0.5, 0.6) is 0 Å². The van der Waals surface area contributed by atoms with Gasteiger partial charge in [0, 0.05) is 17.5 Å². The molecule has 168 valence electrons. The van der Waals surface area contributed by atoms with E-state index in [1.54, 1.807) is 12.1 Å². The summed E-state index contributed by atoms with van der Waals surface area (Å²) in [5, 5.41) is 9.28. The predicted octanol–water partition coefficient (Wildman–Crippen LogP) is 5.40. The molecule has 0 bridgehead atoms. The van der Waals surface area contributed by atoms with Crippen molar-refractivity contribution in [3.05, 3.63) is 101 Å². The molecule has 1 unspecified atom stereocenters. The summed E-state index contributed by atoms with van der Waals surface area (Å²) in [6.07, 6.45) is 2.67. The van der Waals surface area contributed by atoms with E-state index in [1.807, 2.05) is 54.6 Å². The Labute approximate surface area is 194 Å². The number of carboxylic acid groups (broad SMARTS) is 1. The Hall–Kier alpha value is -2.67. The first-order chi connectivity index (χ1) is 15.3. The number of carbonyl (C=O) groups is 1. The lowest BCUT2D eigenvalue weighted by Gasteiger charge is -2.20. The highest BCUT2D eigenvalue weighted by atomic mass is 35.5. The third-order valence-corrected chi connectivity index (χ3v) is 6.96. The first kappa shape index (κ1) is 24.0. The summed E-state index contributed by atoms with van der Waals surface area (Å²) in [6, 6.07) is 23.3. The van der Waals surface area contributed by atoms with Gasteiger partial charge < -0.3 is 5.11 Å². The number of hydrogen-bond donors (Lipinski definition) is 2.